The lowest BCUT2D eigenvalue weighted by molar-refractivity contribution is -0.0838. The summed E-state index contributed by atoms with van der Waals surface area (Å²) in [6.45, 7) is 5.06. The van der Waals surface area contributed by atoms with Gasteiger partial charge < -0.3 is 4.74 Å². The Balaban J connectivity index is 1.99. The standard InChI is InChI=1S/C16H22ClIN2O/c1-3-21-16(8-6-10(2)7-9-16)15-19-13(11-4-5-11)12(18)14(17)20-15/h10-11H,3-9H2,1-2H3. The molecule has 21 heavy (non-hydrogen) atoms. The minimum atomic E-state index is -0.321. The summed E-state index contributed by atoms with van der Waals surface area (Å²) in [5.41, 5.74) is 0.821. The molecule has 0 saturated heterocycles. The monoisotopic (exact) mass is 420 g/mol. The van der Waals surface area contributed by atoms with Crippen molar-refractivity contribution < 1.29 is 4.74 Å². The minimum absolute atomic E-state index is 0.321. The van der Waals surface area contributed by atoms with Crippen LogP contribution in [0.1, 0.15) is 69.8 Å². The van der Waals surface area contributed by atoms with Crippen molar-refractivity contribution >= 4 is 34.2 Å². The van der Waals surface area contributed by atoms with Gasteiger partial charge in [0.15, 0.2) is 5.82 Å². The maximum Gasteiger partial charge on any atom is 0.162 e. The fourth-order valence-electron chi connectivity index (χ4n) is 3.20. The van der Waals surface area contributed by atoms with Gasteiger partial charge in [-0.05, 0) is 74.0 Å². The van der Waals surface area contributed by atoms with E-state index < -0.39 is 0 Å². The summed E-state index contributed by atoms with van der Waals surface area (Å²) in [5.74, 6) is 2.17. The van der Waals surface area contributed by atoms with Gasteiger partial charge >= 0.3 is 0 Å². The molecule has 3 rings (SSSR count). The van der Waals surface area contributed by atoms with Crippen molar-refractivity contribution in [3.63, 3.8) is 0 Å². The summed E-state index contributed by atoms with van der Waals surface area (Å²) in [5, 5.41) is 0.597. The Hall–Kier alpha value is 0.0600. The number of hydrogen-bond acceptors (Lipinski definition) is 3. The summed E-state index contributed by atoms with van der Waals surface area (Å²) < 4.78 is 7.19. The van der Waals surface area contributed by atoms with Crippen LogP contribution in [0.3, 0.4) is 0 Å². The Morgan fingerprint density at radius 1 is 1.24 bits per heavy atom. The molecule has 1 aromatic heterocycles. The first-order chi connectivity index (χ1) is 10.1. The van der Waals surface area contributed by atoms with E-state index in [1.807, 2.05) is 0 Å². The average Bonchev–Trinajstić information content (AvgIpc) is 3.29. The molecule has 0 unspecified atom stereocenters. The third kappa shape index (κ3) is 3.22. The first-order valence-electron chi connectivity index (χ1n) is 7.93. The zero-order chi connectivity index (χ0) is 15.0. The van der Waals surface area contributed by atoms with Crippen LogP contribution in [0.5, 0.6) is 0 Å². The number of ether oxygens (including phenoxy) is 1. The molecule has 1 aromatic rings. The molecule has 0 atom stereocenters. The highest BCUT2D eigenvalue weighted by molar-refractivity contribution is 14.1. The third-order valence-corrected chi connectivity index (χ3v) is 6.37. The molecule has 1 heterocycles. The molecule has 0 spiro atoms. The van der Waals surface area contributed by atoms with Crippen LogP contribution in [0.4, 0.5) is 0 Å². The topological polar surface area (TPSA) is 35.0 Å². The van der Waals surface area contributed by atoms with Gasteiger partial charge in [0, 0.05) is 12.5 Å². The molecule has 0 aliphatic heterocycles. The molecule has 2 fully saturated rings. The summed E-state index contributed by atoms with van der Waals surface area (Å²) in [6.07, 6.45) is 6.80. The van der Waals surface area contributed by atoms with Crippen molar-refractivity contribution in [2.75, 3.05) is 6.61 Å². The van der Waals surface area contributed by atoms with Gasteiger partial charge in [-0.1, -0.05) is 18.5 Å². The van der Waals surface area contributed by atoms with Crippen molar-refractivity contribution in [3.05, 3.63) is 20.2 Å². The van der Waals surface area contributed by atoms with Crippen LogP contribution in [-0.4, -0.2) is 16.6 Å². The van der Waals surface area contributed by atoms with Gasteiger partial charge in [0.05, 0.1) is 9.26 Å². The van der Waals surface area contributed by atoms with Crippen LogP contribution in [0.2, 0.25) is 5.15 Å². The maximum atomic E-state index is 6.39. The van der Waals surface area contributed by atoms with E-state index >= 15 is 0 Å². The average molecular weight is 421 g/mol. The van der Waals surface area contributed by atoms with Gasteiger partial charge in [0.25, 0.3) is 0 Å². The van der Waals surface area contributed by atoms with E-state index in [1.54, 1.807) is 0 Å². The lowest BCUT2D eigenvalue weighted by Gasteiger charge is -2.38. The Morgan fingerprint density at radius 3 is 2.48 bits per heavy atom. The number of halogens is 2. The molecule has 0 bridgehead atoms. The predicted molar refractivity (Wildman–Crippen MR) is 92.7 cm³/mol. The molecule has 0 radical (unpaired) electrons. The molecule has 0 N–H and O–H groups in total. The normalized spacial score (nSPS) is 29.6. The third-order valence-electron chi connectivity index (χ3n) is 4.71. The first-order valence-corrected chi connectivity index (χ1v) is 9.39. The van der Waals surface area contributed by atoms with Gasteiger partial charge in [-0.2, -0.15) is 0 Å². The summed E-state index contributed by atoms with van der Waals surface area (Å²) in [7, 11) is 0. The molecule has 3 nitrogen and oxygen atoms in total. The van der Waals surface area contributed by atoms with E-state index in [4.69, 9.17) is 21.3 Å². The van der Waals surface area contributed by atoms with Gasteiger partial charge in [0.1, 0.15) is 10.8 Å². The molecular formula is C16H22ClIN2O. The van der Waals surface area contributed by atoms with Crippen LogP contribution < -0.4 is 0 Å². The van der Waals surface area contributed by atoms with Crippen LogP contribution >= 0.6 is 34.2 Å². The van der Waals surface area contributed by atoms with Gasteiger partial charge in [-0.15, -0.1) is 0 Å². The Bertz CT molecular complexity index is 525. The number of nitrogens with zero attached hydrogens (tertiary/aromatic N) is 2. The largest absolute Gasteiger partial charge is 0.367 e. The smallest absolute Gasteiger partial charge is 0.162 e. The highest BCUT2D eigenvalue weighted by atomic mass is 127. The van der Waals surface area contributed by atoms with E-state index in [-0.39, 0.29) is 5.60 Å². The number of rotatable bonds is 4. The van der Waals surface area contributed by atoms with E-state index in [0.29, 0.717) is 17.7 Å². The zero-order valence-electron chi connectivity index (χ0n) is 12.7. The van der Waals surface area contributed by atoms with Crippen molar-refractivity contribution in [2.45, 2.75) is 63.9 Å². The van der Waals surface area contributed by atoms with Crippen molar-refractivity contribution in [1.29, 1.82) is 0 Å². The predicted octanol–water partition coefficient (Wildman–Crippen LogP) is 5.05. The molecule has 2 aliphatic carbocycles. The summed E-state index contributed by atoms with van der Waals surface area (Å²) in [6, 6.07) is 0. The Morgan fingerprint density at radius 2 is 1.90 bits per heavy atom. The molecule has 0 aromatic carbocycles. The van der Waals surface area contributed by atoms with E-state index in [0.717, 1.165) is 33.8 Å². The molecule has 116 valence electrons. The lowest BCUT2D eigenvalue weighted by Crippen LogP contribution is -2.36. The van der Waals surface area contributed by atoms with E-state index in [2.05, 4.69) is 41.4 Å². The lowest BCUT2D eigenvalue weighted by atomic mass is 9.78. The minimum Gasteiger partial charge on any atom is -0.367 e. The Kier molecular flexibility index (Phi) is 4.77. The Labute approximate surface area is 145 Å². The van der Waals surface area contributed by atoms with Crippen molar-refractivity contribution in [3.8, 4) is 0 Å². The fourth-order valence-corrected chi connectivity index (χ4v) is 4.06. The highest BCUT2D eigenvalue weighted by Gasteiger charge is 2.41. The van der Waals surface area contributed by atoms with Crippen LogP contribution in [0.15, 0.2) is 0 Å². The van der Waals surface area contributed by atoms with Crippen molar-refractivity contribution in [2.24, 2.45) is 5.92 Å². The fraction of sp³-hybridized carbons (Fsp3) is 0.750. The summed E-state index contributed by atoms with van der Waals surface area (Å²) >= 11 is 8.67. The van der Waals surface area contributed by atoms with E-state index in [1.165, 1.54) is 25.7 Å². The molecular weight excluding hydrogens is 399 g/mol. The number of aromatic nitrogens is 2. The highest BCUT2D eigenvalue weighted by Crippen LogP contribution is 2.45. The molecule has 5 heteroatoms. The maximum absolute atomic E-state index is 6.39. The molecule has 2 saturated carbocycles. The van der Waals surface area contributed by atoms with Crippen LogP contribution in [0.25, 0.3) is 0 Å². The van der Waals surface area contributed by atoms with E-state index in [9.17, 15) is 0 Å². The van der Waals surface area contributed by atoms with Crippen LogP contribution in [-0.2, 0) is 10.3 Å². The summed E-state index contributed by atoms with van der Waals surface area (Å²) in [4.78, 5) is 9.51. The second-order valence-corrected chi connectivity index (χ2v) is 7.86. The second-order valence-electron chi connectivity index (χ2n) is 6.42. The SMILES string of the molecule is CCOC1(c2nc(Cl)c(I)c(C3CC3)n2)CCC(C)CC1. The van der Waals surface area contributed by atoms with Crippen molar-refractivity contribution in [1.82, 2.24) is 9.97 Å². The first kappa shape index (κ1) is 15.9. The van der Waals surface area contributed by atoms with Crippen LogP contribution in [0, 0.1) is 9.49 Å². The second kappa shape index (κ2) is 6.28. The van der Waals surface area contributed by atoms with Gasteiger partial charge in [0.2, 0.25) is 0 Å². The van der Waals surface area contributed by atoms with Gasteiger partial charge in [-0.25, -0.2) is 9.97 Å². The number of hydrogen-bond donors (Lipinski definition) is 0. The van der Waals surface area contributed by atoms with Gasteiger partial charge in [-0.3, -0.25) is 0 Å². The molecule has 0 amide bonds. The quantitative estimate of drug-likeness (QED) is 0.505. The molecule has 2 aliphatic rings. The zero-order valence-corrected chi connectivity index (χ0v) is 15.6.